The van der Waals surface area contributed by atoms with Crippen molar-refractivity contribution >= 4 is 11.6 Å². The largest absolute Gasteiger partial charge is 0.396 e. The minimum atomic E-state index is 0.106. The van der Waals surface area contributed by atoms with Crippen LogP contribution in [0.5, 0.6) is 0 Å². The van der Waals surface area contributed by atoms with Gasteiger partial charge in [0, 0.05) is 33.0 Å². The molecule has 18 heavy (non-hydrogen) atoms. The van der Waals surface area contributed by atoms with Crippen molar-refractivity contribution in [3.8, 4) is 0 Å². The normalized spacial score (nSPS) is 17.1. The molecule has 1 aliphatic heterocycles. The van der Waals surface area contributed by atoms with E-state index < -0.39 is 0 Å². The quantitative estimate of drug-likeness (QED) is 0.839. The molecule has 100 valence electrons. The fraction of sp³-hybridized carbons (Fsp3) is 0.667. The predicted octanol–water partition coefficient (Wildman–Crippen LogP) is 0.350. The van der Waals surface area contributed by atoms with Crippen molar-refractivity contribution in [3.63, 3.8) is 0 Å². The molecule has 6 nitrogen and oxygen atoms in total. The number of ether oxygens (including phenoxy) is 1. The van der Waals surface area contributed by atoms with Gasteiger partial charge in [0.05, 0.1) is 11.9 Å². The number of nitrogens with two attached hydrogens (primary N) is 1. The Balaban J connectivity index is 1.80. The molecule has 2 rings (SSSR count). The Labute approximate surface area is 107 Å². The van der Waals surface area contributed by atoms with Gasteiger partial charge >= 0.3 is 0 Å². The Bertz CT molecular complexity index is 397. The lowest BCUT2D eigenvalue weighted by Gasteiger charge is -2.31. The van der Waals surface area contributed by atoms with Crippen LogP contribution >= 0.6 is 0 Å². The highest BCUT2D eigenvalue weighted by Gasteiger charge is 2.22. The summed E-state index contributed by atoms with van der Waals surface area (Å²) in [5, 5.41) is 4.02. The van der Waals surface area contributed by atoms with Crippen LogP contribution in [0, 0.1) is 5.92 Å². The van der Waals surface area contributed by atoms with Gasteiger partial charge in [0.25, 0.3) is 0 Å². The van der Waals surface area contributed by atoms with Crippen molar-refractivity contribution in [1.82, 2.24) is 14.7 Å². The maximum Gasteiger partial charge on any atom is 0.244 e. The zero-order chi connectivity index (χ0) is 13.0. The molecule has 0 unspecified atom stereocenters. The zero-order valence-corrected chi connectivity index (χ0v) is 10.7. The molecule has 2 N–H and O–H groups in total. The number of hydrogen-bond donors (Lipinski definition) is 1. The van der Waals surface area contributed by atoms with Crippen LogP contribution in [0.25, 0.3) is 0 Å². The lowest BCUT2D eigenvalue weighted by molar-refractivity contribution is -0.133. The van der Waals surface area contributed by atoms with Crippen molar-refractivity contribution in [3.05, 3.63) is 12.4 Å². The number of carbonyl (C=O) groups excluding carboxylic acids is 1. The smallest absolute Gasteiger partial charge is 0.244 e. The van der Waals surface area contributed by atoms with Gasteiger partial charge in [0.1, 0.15) is 6.54 Å². The Hall–Kier alpha value is -1.56. The molecule has 0 bridgehead atoms. The van der Waals surface area contributed by atoms with Gasteiger partial charge in [-0.3, -0.25) is 9.48 Å². The second kappa shape index (κ2) is 5.86. The highest BCUT2D eigenvalue weighted by molar-refractivity contribution is 5.76. The van der Waals surface area contributed by atoms with E-state index in [1.165, 1.54) is 0 Å². The highest BCUT2D eigenvalue weighted by atomic mass is 16.5. The molecule has 1 aromatic heterocycles. The lowest BCUT2D eigenvalue weighted by atomic mass is 9.98. The van der Waals surface area contributed by atoms with Crippen molar-refractivity contribution in [1.29, 1.82) is 0 Å². The first-order chi connectivity index (χ1) is 8.69. The van der Waals surface area contributed by atoms with E-state index in [0.717, 1.165) is 32.5 Å². The number of methoxy groups -OCH3 is 1. The fourth-order valence-electron chi connectivity index (χ4n) is 2.29. The van der Waals surface area contributed by atoms with E-state index in [1.807, 2.05) is 4.90 Å². The van der Waals surface area contributed by atoms with Crippen LogP contribution in [-0.2, 0) is 16.1 Å². The molecule has 1 amide bonds. The topological polar surface area (TPSA) is 73.4 Å². The first-order valence-corrected chi connectivity index (χ1v) is 6.23. The number of nitrogen functional groups attached to an aromatic ring is 1. The van der Waals surface area contributed by atoms with Gasteiger partial charge in [-0.2, -0.15) is 5.10 Å². The number of carbonyl (C=O) groups is 1. The van der Waals surface area contributed by atoms with E-state index in [2.05, 4.69) is 5.10 Å². The van der Waals surface area contributed by atoms with E-state index in [0.29, 0.717) is 11.6 Å². The summed E-state index contributed by atoms with van der Waals surface area (Å²) in [5.41, 5.74) is 6.15. The molecule has 0 aliphatic carbocycles. The molecule has 0 spiro atoms. The second-order valence-electron chi connectivity index (χ2n) is 4.75. The van der Waals surface area contributed by atoms with E-state index in [-0.39, 0.29) is 12.5 Å². The van der Waals surface area contributed by atoms with E-state index in [1.54, 1.807) is 24.2 Å². The minimum absolute atomic E-state index is 0.106. The summed E-state index contributed by atoms with van der Waals surface area (Å²) in [7, 11) is 1.72. The molecule has 2 heterocycles. The molecule has 0 aromatic carbocycles. The van der Waals surface area contributed by atoms with Crippen LogP contribution in [0.1, 0.15) is 12.8 Å². The number of rotatable bonds is 4. The molecule has 1 aromatic rings. The Morgan fingerprint density at radius 3 is 2.83 bits per heavy atom. The van der Waals surface area contributed by atoms with Gasteiger partial charge in [-0.05, 0) is 18.8 Å². The molecule has 0 radical (unpaired) electrons. The van der Waals surface area contributed by atoms with Crippen LogP contribution in [0.15, 0.2) is 12.4 Å². The first-order valence-electron chi connectivity index (χ1n) is 6.23. The Morgan fingerprint density at radius 2 is 2.28 bits per heavy atom. The predicted molar refractivity (Wildman–Crippen MR) is 67.8 cm³/mol. The van der Waals surface area contributed by atoms with Gasteiger partial charge in [0.15, 0.2) is 0 Å². The molecule has 0 saturated carbocycles. The summed E-state index contributed by atoms with van der Waals surface area (Å²) < 4.78 is 6.73. The standard InChI is InChI=1S/C12H20N4O2/c1-18-9-10-2-4-15(5-3-10)12(17)8-16-7-11(13)6-14-16/h6-7,10H,2-5,8-9,13H2,1H3. The number of aromatic nitrogens is 2. The van der Waals surface area contributed by atoms with Crippen LogP contribution < -0.4 is 5.73 Å². The van der Waals surface area contributed by atoms with Crippen LogP contribution in [0.3, 0.4) is 0 Å². The molecular weight excluding hydrogens is 232 g/mol. The maximum atomic E-state index is 12.0. The molecule has 6 heteroatoms. The second-order valence-corrected chi connectivity index (χ2v) is 4.75. The zero-order valence-electron chi connectivity index (χ0n) is 10.7. The van der Waals surface area contributed by atoms with Crippen molar-refractivity contribution in [2.24, 2.45) is 5.92 Å². The summed E-state index contributed by atoms with van der Waals surface area (Å²) in [5.74, 6) is 0.688. The lowest BCUT2D eigenvalue weighted by Crippen LogP contribution is -2.41. The third-order valence-corrected chi connectivity index (χ3v) is 3.32. The summed E-state index contributed by atoms with van der Waals surface area (Å²) in [4.78, 5) is 13.9. The van der Waals surface area contributed by atoms with Crippen molar-refractivity contribution in [2.45, 2.75) is 19.4 Å². The third kappa shape index (κ3) is 3.22. The van der Waals surface area contributed by atoms with Gasteiger partial charge in [-0.15, -0.1) is 0 Å². The van der Waals surface area contributed by atoms with Crippen molar-refractivity contribution in [2.75, 3.05) is 32.5 Å². The first kappa shape index (κ1) is 12.9. The van der Waals surface area contributed by atoms with Gasteiger partial charge in [-0.25, -0.2) is 0 Å². The fourth-order valence-corrected chi connectivity index (χ4v) is 2.29. The van der Waals surface area contributed by atoms with Crippen LogP contribution in [0.4, 0.5) is 5.69 Å². The number of piperidine rings is 1. The number of likely N-dealkylation sites (tertiary alicyclic amines) is 1. The monoisotopic (exact) mass is 252 g/mol. The maximum absolute atomic E-state index is 12.0. The third-order valence-electron chi connectivity index (χ3n) is 3.32. The summed E-state index contributed by atoms with van der Waals surface area (Å²) in [6, 6.07) is 0. The van der Waals surface area contributed by atoms with Crippen molar-refractivity contribution < 1.29 is 9.53 Å². The molecule has 1 saturated heterocycles. The van der Waals surface area contributed by atoms with E-state index >= 15 is 0 Å². The average Bonchev–Trinajstić information content (AvgIpc) is 2.76. The van der Waals surface area contributed by atoms with Gasteiger partial charge in [0.2, 0.25) is 5.91 Å². The van der Waals surface area contributed by atoms with Crippen LogP contribution in [-0.4, -0.2) is 47.4 Å². The number of amides is 1. The minimum Gasteiger partial charge on any atom is -0.396 e. The molecule has 1 aliphatic rings. The Kier molecular flexibility index (Phi) is 4.19. The molecular formula is C12H20N4O2. The molecule has 1 fully saturated rings. The van der Waals surface area contributed by atoms with Crippen LogP contribution in [0.2, 0.25) is 0 Å². The highest BCUT2D eigenvalue weighted by Crippen LogP contribution is 2.17. The number of nitrogens with zero attached hydrogens (tertiary/aromatic N) is 3. The van der Waals surface area contributed by atoms with Gasteiger partial charge < -0.3 is 15.4 Å². The Morgan fingerprint density at radius 1 is 1.56 bits per heavy atom. The number of hydrogen-bond acceptors (Lipinski definition) is 4. The number of anilines is 1. The molecule has 0 atom stereocenters. The van der Waals surface area contributed by atoms with E-state index in [9.17, 15) is 4.79 Å². The van der Waals surface area contributed by atoms with E-state index in [4.69, 9.17) is 10.5 Å². The summed E-state index contributed by atoms with van der Waals surface area (Å²) in [6.07, 6.45) is 5.26. The SMILES string of the molecule is COCC1CCN(C(=O)Cn2cc(N)cn2)CC1. The van der Waals surface area contributed by atoms with Gasteiger partial charge in [-0.1, -0.05) is 0 Å². The summed E-state index contributed by atoms with van der Waals surface area (Å²) in [6.45, 7) is 2.68. The summed E-state index contributed by atoms with van der Waals surface area (Å²) >= 11 is 0. The average molecular weight is 252 g/mol.